The predicted molar refractivity (Wildman–Crippen MR) is 253 cm³/mol. The molecule has 1 unspecified atom stereocenters. The standard InChI is InChI=1S/C57H43N3O3/c1-56(2)47-26-15-14-25-43(47)50-45-34-48(61-3)49(62-4)35-46(45)52-44(51(50)56)31-32-57(63-52,42-24-16-23-40(33-42)36-17-8-5-9-18-36)41-29-27-39(28-30-41)55-59-53(37-19-10-6-11-20-37)58-54(60-55)38-21-12-7-13-22-38/h5-35H,1-4H3. The largest absolute Gasteiger partial charge is 0.493 e. The maximum absolute atomic E-state index is 7.76. The van der Waals surface area contributed by atoms with Crippen molar-refractivity contribution in [2.45, 2.75) is 24.9 Å². The fourth-order valence-corrected chi connectivity index (χ4v) is 9.62. The number of fused-ring (bicyclic) bond motifs is 8. The summed E-state index contributed by atoms with van der Waals surface area (Å²) in [5.41, 5.74) is 11.5. The third-order valence-electron chi connectivity index (χ3n) is 12.7. The van der Waals surface area contributed by atoms with E-state index in [1.54, 1.807) is 14.2 Å². The maximum atomic E-state index is 7.76. The number of hydrogen-bond donors (Lipinski definition) is 0. The van der Waals surface area contributed by atoms with E-state index in [1.165, 1.54) is 22.3 Å². The molecule has 0 saturated heterocycles. The van der Waals surface area contributed by atoms with Crippen molar-refractivity contribution < 1.29 is 14.2 Å². The highest BCUT2D eigenvalue weighted by Gasteiger charge is 2.44. The van der Waals surface area contributed by atoms with Crippen LogP contribution in [0.2, 0.25) is 0 Å². The van der Waals surface area contributed by atoms with Crippen LogP contribution < -0.4 is 14.2 Å². The van der Waals surface area contributed by atoms with Gasteiger partial charge in [-0.2, -0.15) is 0 Å². The lowest BCUT2D eigenvalue weighted by molar-refractivity contribution is 0.163. The second-order valence-corrected chi connectivity index (χ2v) is 16.6. The number of ether oxygens (including phenoxy) is 3. The van der Waals surface area contributed by atoms with Gasteiger partial charge in [-0.25, -0.2) is 15.0 Å². The second kappa shape index (κ2) is 15.0. The molecule has 8 aromatic carbocycles. The summed E-state index contributed by atoms with van der Waals surface area (Å²) < 4.78 is 19.7. The van der Waals surface area contributed by atoms with Gasteiger partial charge >= 0.3 is 0 Å². The fraction of sp³-hybridized carbons (Fsp3) is 0.105. The monoisotopic (exact) mass is 817 g/mol. The van der Waals surface area contributed by atoms with Crippen molar-refractivity contribution in [3.63, 3.8) is 0 Å². The lowest BCUT2D eigenvalue weighted by Gasteiger charge is -2.38. The molecule has 1 aliphatic carbocycles. The Kier molecular flexibility index (Phi) is 9.05. The average molecular weight is 818 g/mol. The highest BCUT2D eigenvalue weighted by molar-refractivity contribution is 6.09. The molecule has 0 saturated carbocycles. The molecule has 9 aromatic rings. The molecule has 0 fully saturated rings. The molecule has 1 aromatic heterocycles. The van der Waals surface area contributed by atoms with Gasteiger partial charge < -0.3 is 14.2 Å². The minimum absolute atomic E-state index is 0.304. The molecule has 63 heavy (non-hydrogen) atoms. The minimum Gasteiger partial charge on any atom is -0.493 e. The van der Waals surface area contributed by atoms with Crippen LogP contribution in [0.25, 0.3) is 73.3 Å². The van der Waals surface area contributed by atoms with E-state index in [0.29, 0.717) is 29.0 Å². The molecule has 2 aliphatic rings. The summed E-state index contributed by atoms with van der Waals surface area (Å²) in [7, 11) is 3.37. The molecular weight excluding hydrogens is 775 g/mol. The van der Waals surface area contributed by atoms with E-state index in [1.807, 2.05) is 66.7 Å². The number of hydrogen-bond acceptors (Lipinski definition) is 6. The predicted octanol–water partition coefficient (Wildman–Crippen LogP) is 13.4. The molecular formula is C57H43N3O3. The van der Waals surface area contributed by atoms with Crippen LogP contribution in [0.5, 0.6) is 17.2 Å². The van der Waals surface area contributed by atoms with Crippen LogP contribution in [0.4, 0.5) is 0 Å². The van der Waals surface area contributed by atoms with E-state index in [-0.39, 0.29) is 5.41 Å². The van der Waals surface area contributed by atoms with Crippen LogP contribution >= 0.6 is 0 Å². The first kappa shape index (κ1) is 38.1. The van der Waals surface area contributed by atoms with Gasteiger partial charge in [-0.3, -0.25) is 0 Å². The van der Waals surface area contributed by atoms with Crippen molar-refractivity contribution in [2.75, 3.05) is 14.2 Å². The Hall–Kier alpha value is -7.83. The maximum Gasteiger partial charge on any atom is 0.178 e. The lowest BCUT2D eigenvalue weighted by atomic mass is 9.76. The molecule has 0 N–H and O–H groups in total. The number of methoxy groups -OCH3 is 2. The quantitative estimate of drug-likeness (QED) is 0.152. The molecule has 1 aliphatic heterocycles. The average Bonchev–Trinajstić information content (AvgIpc) is 3.60. The van der Waals surface area contributed by atoms with Crippen molar-refractivity contribution in [3.8, 4) is 73.7 Å². The minimum atomic E-state index is -1.04. The number of rotatable bonds is 8. The summed E-state index contributed by atoms with van der Waals surface area (Å²) in [6, 6.07) is 60.7. The van der Waals surface area contributed by atoms with E-state index in [2.05, 4.69) is 135 Å². The topological polar surface area (TPSA) is 66.4 Å². The van der Waals surface area contributed by atoms with Crippen molar-refractivity contribution in [1.82, 2.24) is 15.0 Å². The van der Waals surface area contributed by atoms with Crippen molar-refractivity contribution >= 4 is 16.8 Å². The first-order chi connectivity index (χ1) is 30.9. The van der Waals surface area contributed by atoms with E-state index in [0.717, 1.165) is 61.0 Å². The van der Waals surface area contributed by atoms with Gasteiger partial charge in [0.25, 0.3) is 0 Å². The van der Waals surface area contributed by atoms with E-state index in [4.69, 9.17) is 29.2 Å². The zero-order chi connectivity index (χ0) is 42.7. The summed E-state index contributed by atoms with van der Waals surface area (Å²) in [6.07, 6.45) is 4.53. The van der Waals surface area contributed by atoms with Crippen molar-refractivity contribution in [2.24, 2.45) is 0 Å². The Bertz CT molecular complexity index is 3180. The van der Waals surface area contributed by atoms with Gasteiger partial charge in [-0.1, -0.05) is 178 Å². The highest BCUT2D eigenvalue weighted by Crippen LogP contribution is 2.59. The summed E-state index contributed by atoms with van der Waals surface area (Å²) in [5.74, 6) is 3.92. The summed E-state index contributed by atoms with van der Waals surface area (Å²) >= 11 is 0. The SMILES string of the molecule is COc1cc2c3c(c4c(c2cc1OC)-c1ccccc1C4(C)C)C=CC(c1ccc(-c2nc(-c4ccccc4)nc(-c4ccccc4)n2)cc1)(c1cccc(-c2ccccc2)c1)O3. The molecule has 0 bridgehead atoms. The molecule has 2 heterocycles. The summed E-state index contributed by atoms with van der Waals surface area (Å²) in [5, 5.41) is 2.00. The normalized spacial score (nSPS) is 15.6. The van der Waals surface area contributed by atoms with Gasteiger partial charge in [0.1, 0.15) is 5.75 Å². The Morgan fingerprint density at radius 1 is 0.476 bits per heavy atom. The Labute approximate surface area is 367 Å². The molecule has 6 heteroatoms. The van der Waals surface area contributed by atoms with Crippen LogP contribution in [0, 0.1) is 0 Å². The van der Waals surface area contributed by atoms with Crippen molar-refractivity contribution in [3.05, 3.63) is 210 Å². The lowest BCUT2D eigenvalue weighted by Crippen LogP contribution is -2.35. The third-order valence-corrected chi connectivity index (χ3v) is 12.7. The van der Waals surface area contributed by atoms with Crippen LogP contribution in [-0.4, -0.2) is 29.2 Å². The first-order valence-corrected chi connectivity index (χ1v) is 21.2. The van der Waals surface area contributed by atoms with Crippen LogP contribution in [-0.2, 0) is 11.0 Å². The molecule has 6 nitrogen and oxygen atoms in total. The molecule has 11 rings (SSSR count). The summed E-state index contributed by atoms with van der Waals surface area (Å²) in [6.45, 7) is 4.63. The van der Waals surface area contributed by atoms with Crippen LogP contribution in [0.15, 0.2) is 182 Å². The van der Waals surface area contributed by atoms with Crippen molar-refractivity contribution in [1.29, 1.82) is 0 Å². The highest BCUT2D eigenvalue weighted by atomic mass is 16.5. The molecule has 0 amide bonds. The van der Waals surface area contributed by atoms with Crippen LogP contribution in [0.1, 0.15) is 41.7 Å². The Morgan fingerprint density at radius 3 is 1.60 bits per heavy atom. The Morgan fingerprint density at radius 2 is 1.00 bits per heavy atom. The van der Waals surface area contributed by atoms with Gasteiger partial charge in [-0.05, 0) is 63.0 Å². The zero-order valence-electron chi connectivity index (χ0n) is 35.5. The van der Waals surface area contributed by atoms with Gasteiger partial charge in [-0.15, -0.1) is 0 Å². The van der Waals surface area contributed by atoms with Gasteiger partial charge in [0.2, 0.25) is 0 Å². The fourth-order valence-electron chi connectivity index (χ4n) is 9.62. The molecule has 0 radical (unpaired) electrons. The third kappa shape index (κ3) is 6.20. The van der Waals surface area contributed by atoms with Gasteiger partial charge in [0, 0.05) is 44.2 Å². The van der Waals surface area contributed by atoms with Crippen LogP contribution in [0.3, 0.4) is 0 Å². The second-order valence-electron chi connectivity index (χ2n) is 16.6. The Balaban J connectivity index is 1.13. The zero-order valence-corrected chi connectivity index (χ0v) is 35.5. The smallest absolute Gasteiger partial charge is 0.178 e. The summed E-state index contributed by atoms with van der Waals surface area (Å²) in [4.78, 5) is 15.0. The van der Waals surface area contributed by atoms with E-state index in [9.17, 15) is 0 Å². The number of nitrogens with zero attached hydrogens (tertiary/aromatic N) is 3. The molecule has 1 atom stereocenters. The molecule has 304 valence electrons. The van der Waals surface area contributed by atoms with E-state index < -0.39 is 5.60 Å². The molecule has 0 spiro atoms. The van der Waals surface area contributed by atoms with Gasteiger partial charge in [0.05, 0.1) is 14.2 Å². The van der Waals surface area contributed by atoms with Gasteiger partial charge in [0.15, 0.2) is 34.6 Å². The first-order valence-electron chi connectivity index (χ1n) is 21.2. The van der Waals surface area contributed by atoms with E-state index >= 15 is 0 Å². The number of benzene rings is 8. The number of aromatic nitrogens is 3.